The van der Waals surface area contributed by atoms with Crippen LogP contribution in [0.5, 0.6) is 11.5 Å². The Hall–Kier alpha value is -3.62. The van der Waals surface area contributed by atoms with E-state index >= 15 is 0 Å². The second kappa shape index (κ2) is 10.6. The first-order valence-electron chi connectivity index (χ1n) is 12.3. The number of rotatable bonds is 8. The lowest BCUT2D eigenvalue weighted by Gasteiger charge is -2.34. The summed E-state index contributed by atoms with van der Waals surface area (Å²) < 4.78 is 22.2. The molecule has 0 aliphatic carbocycles. The zero-order chi connectivity index (χ0) is 25.1. The molecule has 0 unspecified atom stereocenters. The van der Waals surface area contributed by atoms with E-state index < -0.39 is 0 Å². The van der Waals surface area contributed by atoms with Crippen LogP contribution < -0.4 is 15.1 Å². The van der Waals surface area contributed by atoms with Gasteiger partial charge in [-0.05, 0) is 61.9 Å². The van der Waals surface area contributed by atoms with Crippen LogP contribution in [0.4, 0.5) is 0 Å². The third-order valence-electron chi connectivity index (χ3n) is 6.57. The monoisotopic (exact) mass is 489 g/mol. The van der Waals surface area contributed by atoms with Crippen molar-refractivity contribution in [1.82, 2.24) is 14.8 Å². The maximum Gasteiger partial charge on any atom is 0.336 e. The Labute approximate surface area is 210 Å². The third-order valence-corrected chi connectivity index (χ3v) is 6.57. The fourth-order valence-electron chi connectivity index (χ4n) is 4.58. The fourth-order valence-corrected chi connectivity index (χ4v) is 4.58. The number of methoxy groups -OCH3 is 1. The zero-order valence-corrected chi connectivity index (χ0v) is 21.0. The van der Waals surface area contributed by atoms with Crippen LogP contribution in [-0.4, -0.2) is 54.7 Å². The SMILES string of the molecule is CCOc1ccc2oc(=O)cc(CN3CCN(Cc4nc(-c5ccc(OC)cc5)oc4C)CC3)c2c1. The van der Waals surface area contributed by atoms with Crippen LogP contribution in [0.1, 0.15) is 23.9 Å². The minimum atomic E-state index is -0.325. The molecule has 3 heterocycles. The Bertz CT molecular complexity index is 1380. The van der Waals surface area contributed by atoms with E-state index in [9.17, 15) is 4.79 Å². The molecule has 8 heteroatoms. The molecule has 0 N–H and O–H groups in total. The summed E-state index contributed by atoms with van der Waals surface area (Å²) in [6.07, 6.45) is 0. The number of hydrogen-bond donors (Lipinski definition) is 0. The van der Waals surface area contributed by atoms with Gasteiger partial charge in [-0.1, -0.05) is 0 Å². The van der Waals surface area contributed by atoms with E-state index in [-0.39, 0.29) is 5.63 Å². The van der Waals surface area contributed by atoms with Gasteiger partial charge in [0.05, 0.1) is 19.4 Å². The summed E-state index contributed by atoms with van der Waals surface area (Å²) in [7, 11) is 1.65. The van der Waals surface area contributed by atoms with Crippen LogP contribution >= 0.6 is 0 Å². The molecule has 8 nitrogen and oxygen atoms in total. The van der Waals surface area contributed by atoms with Crippen molar-refractivity contribution in [3.63, 3.8) is 0 Å². The second-order valence-corrected chi connectivity index (χ2v) is 8.98. The van der Waals surface area contributed by atoms with Gasteiger partial charge in [0.25, 0.3) is 0 Å². The highest BCUT2D eigenvalue weighted by molar-refractivity contribution is 5.81. The predicted octanol–water partition coefficient (Wildman–Crippen LogP) is 4.48. The number of fused-ring (bicyclic) bond motifs is 1. The summed E-state index contributed by atoms with van der Waals surface area (Å²) in [5, 5.41) is 0.923. The van der Waals surface area contributed by atoms with Gasteiger partial charge in [-0.2, -0.15) is 0 Å². The Morgan fingerprint density at radius 2 is 1.61 bits per heavy atom. The molecule has 1 fully saturated rings. The molecule has 36 heavy (non-hydrogen) atoms. The average Bonchev–Trinajstić information content (AvgIpc) is 3.25. The summed E-state index contributed by atoms with van der Waals surface area (Å²) in [5.41, 5.74) is 3.13. The molecule has 0 radical (unpaired) electrons. The van der Waals surface area contributed by atoms with Gasteiger partial charge in [-0.25, -0.2) is 9.78 Å². The van der Waals surface area contributed by atoms with Crippen molar-refractivity contribution in [3.05, 3.63) is 76.0 Å². The highest BCUT2D eigenvalue weighted by Gasteiger charge is 2.21. The maximum atomic E-state index is 12.1. The zero-order valence-electron chi connectivity index (χ0n) is 21.0. The van der Waals surface area contributed by atoms with Crippen molar-refractivity contribution < 1.29 is 18.3 Å². The van der Waals surface area contributed by atoms with Crippen molar-refractivity contribution in [2.45, 2.75) is 26.9 Å². The van der Waals surface area contributed by atoms with Gasteiger partial charge >= 0.3 is 5.63 Å². The van der Waals surface area contributed by atoms with E-state index in [4.69, 9.17) is 23.3 Å². The lowest BCUT2D eigenvalue weighted by molar-refractivity contribution is 0.121. The second-order valence-electron chi connectivity index (χ2n) is 8.98. The van der Waals surface area contributed by atoms with Crippen molar-refractivity contribution in [3.8, 4) is 23.0 Å². The molecule has 4 aromatic rings. The van der Waals surface area contributed by atoms with Gasteiger partial charge in [0.1, 0.15) is 22.8 Å². The van der Waals surface area contributed by atoms with E-state index in [1.807, 2.05) is 56.3 Å². The van der Waals surface area contributed by atoms with Crippen LogP contribution in [0, 0.1) is 6.92 Å². The van der Waals surface area contributed by atoms with Crippen LogP contribution in [-0.2, 0) is 13.1 Å². The van der Waals surface area contributed by atoms with Gasteiger partial charge in [-0.3, -0.25) is 9.80 Å². The summed E-state index contributed by atoms with van der Waals surface area (Å²) in [6.45, 7) is 9.56. The van der Waals surface area contributed by atoms with Crippen LogP contribution in [0.15, 0.2) is 62.2 Å². The third kappa shape index (κ3) is 5.29. The van der Waals surface area contributed by atoms with E-state index in [1.54, 1.807) is 13.2 Å². The molecule has 0 amide bonds. The fraction of sp³-hybridized carbons (Fsp3) is 0.357. The number of hydrogen-bond acceptors (Lipinski definition) is 8. The topological polar surface area (TPSA) is 81.2 Å². The molecular weight excluding hydrogens is 458 g/mol. The maximum absolute atomic E-state index is 12.1. The van der Waals surface area contributed by atoms with Gasteiger partial charge in [0.15, 0.2) is 0 Å². The normalized spacial score (nSPS) is 14.9. The molecule has 0 atom stereocenters. The molecule has 0 bridgehead atoms. The summed E-state index contributed by atoms with van der Waals surface area (Å²) in [4.78, 5) is 21.7. The van der Waals surface area contributed by atoms with Crippen molar-refractivity contribution >= 4 is 11.0 Å². The molecule has 0 spiro atoms. The molecule has 2 aromatic heterocycles. The number of aryl methyl sites for hydroxylation is 1. The quantitative estimate of drug-likeness (QED) is 0.335. The smallest absolute Gasteiger partial charge is 0.336 e. The highest BCUT2D eigenvalue weighted by Crippen LogP contribution is 2.26. The summed E-state index contributed by atoms with van der Waals surface area (Å²) in [5.74, 6) is 3.06. The molecule has 5 rings (SSSR count). The number of benzene rings is 2. The minimum absolute atomic E-state index is 0.325. The molecule has 1 aliphatic rings. The van der Waals surface area contributed by atoms with Crippen LogP contribution in [0.3, 0.4) is 0 Å². The molecule has 188 valence electrons. The first kappa shape index (κ1) is 24.1. The Balaban J connectivity index is 1.23. The largest absolute Gasteiger partial charge is 0.497 e. The Kier molecular flexibility index (Phi) is 7.06. The van der Waals surface area contributed by atoms with Gasteiger partial charge < -0.3 is 18.3 Å². The predicted molar refractivity (Wildman–Crippen MR) is 137 cm³/mol. The van der Waals surface area contributed by atoms with Gasteiger partial charge in [0, 0.05) is 56.3 Å². The van der Waals surface area contributed by atoms with Crippen LogP contribution in [0.25, 0.3) is 22.4 Å². The summed E-state index contributed by atoms with van der Waals surface area (Å²) in [6, 6.07) is 14.9. The molecule has 1 aliphatic heterocycles. The Morgan fingerprint density at radius 3 is 2.31 bits per heavy atom. The lowest BCUT2D eigenvalue weighted by atomic mass is 10.1. The molecule has 1 saturated heterocycles. The number of nitrogens with zero attached hydrogens (tertiary/aromatic N) is 3. The van der Waals surface area contributed by atoms with Gasteiger partial charge in [-0.15, -0.1) is 0 Å². The number of aromatic nitrogens is 1. The standard InChI is InChI=1S/C28H31N3O5/c1-4-34-23-9-10-26-24(16-23)21(15-27(32)36-26)17-30-11-13-31(14-12-30)18-25-19(2)35-28(29-25)20-5-7-22(33-3)8-6-20/h5-10,15-16H,4,11-14,17-18H2,1-3H3. The van der Waals surface area contributed by atoms with Gasteiger partial charge in [0.2, 0.25) is 5.89 Å². The van der Waals surface area contributed by atoms with Crippen molar-refractivity contribution in [2.24, 2.45) is 0 Å². The van der Waals surface area contributed by atoms with E-state index in [1.165, 1.54) is 0 Å². The van der Waals surface area contributed by atoms with E-state index in [0.717, 1.165) is 72.2 Å². The number of piperazine rings is 1. The van der Waals surface area contributed by atoms with Crippen LogP contribution in [0.2, 0.25) is 0 Å². The minimum Gasteiger partial charge on any atom is -0.497 e. The lowest BCUT2D eigenvalue weighted by Crippen LogP contribution is -2.45. The first-order valence-corrected chi connectivity index (χ1v) is 12.3. The van der Waals surface area contributed by atoms with E-state index in [2.05, 4.69) is 9.80 Å². The number of ether oxygens (including phenoxy) is 2. The molecule has 2 aromatic carbocycles. The highest BCUT2D eigenvalue weighted by atomic mass is 16.5. The van der Waals surface area contributed by atoms with Crippen molar-refractivity contribution in [2.75, 3.05) is 39.9 Å². The van der Waals surface area contributed by atoms with E-state index in [0.29, 0.717) is 24.6 Å². The summed E-state index contributed by atoms with van der Waals surface area (Å²) >= 11 is 0. The molecular formula is C28H31N3O5. The number of oxazole rings is 1. The first-order chi connectivity index (χ1) is 17.5. The average molecular weight is 490 g/mol. The molecule has 0 saturated carbocycles. The Morgan fingerprint density at radius 1 is 0.917 bits per heavy atom. The van der Waals surface area contributed by atoms with Crippen molar-refractivity contribution in [1.29, 1.82) is 0 Å².